The number of benzene rings is 1. The van der Waals surface area contributed by atoms with Crippen LogP contribution in [0.3, 0.4) is 0 Å². The average molecular weight is 163 g/mol. The zero-order valence-electron chi connectivity index (χ0n) is 7.37. The topological polar surface area (TPSA) is 21.3 Å². The van der Waals surface area contributed by atoms with Crippen molar-refractivity contribution in [2.75, 3.05) is 0 Å². The van der Waals surface area contributed by atoms with E-state index in [1.54, 1.807) is 0 Å². The highest BCUT2D eigenvalue weighted by Crippen LogP contribution is 2.29. The third-order valence-electron chi connectivity index (χ3n) is 2.17. The van der Waals surface area contributed by atoms with Gasteiger partial charge in [-0.1, -0.05) is 18.2 Å². The first kappa shape index (κ1) is 7.62. The van der Waals surface area contributed by atoms with E-state index in [9.17, 15) is 0 Å². The van der Waals surface area contributed by atoms with Gasteiger partial charge >= 0.3 is 0 Å². The third kappa shape index (κ3) is 1.18. The Balaban J connectivity index is 2.40. The second-order valence-electron chi connectivity index (χ2n) is 3.19. The van der Waals surface area contributed by atoms with Crippen molar-refractivity contribution in [1.82, 2.24) is 5.32 Å². The molecule has 64 valence electrons. The highest BCUT2D eigenvalue weighted by Gasteiger charge is 2.20. The molecule has 1 heterocycles. The minimum Gasteiger partial charge on any atom is -0.475 e. The van der Waals surface area contributed by atoms with Crippen LogP contribution in [0, 0.1) is 0 Å². The van der Waals surface area contributed by atoms with Gasteiger partial charge in [-0.15, -0.1) is 0 Å². The van der Waals surface area contributed by atoms with Gasteiger partial charge in [0, 0.05) is 11.6 Å². The van der Waals surface area contributed by atoms with Crippen LogP contribution in [0.1, 0.15) is 25.5 Å². The van der Waals surface area contributed by atoms with Crippen molar-refractivity contribution < 1.29 is 4.74 Å². The Morgan fingerprint density at radius 2 is 2.00 bits per heavy atom. The highest BCUT2D eigenvalue weighted by molar-refractivity contribution is 5.37. The molecule has 0 aromatic heterocycles. The van der Waals surface area contributed by atoms with E-state index in [4.69, 9.17) is 4.74 Å². The molecule has 0 amide bonds. The van der Waals surface area contributed by atoms with Crippen LogP contribution in [0.25, 0.3) is 0 Å². The summed E-state index contributed by atoms with van der Waals surface area (Å²) in [6.45, 7) is 4.17. The first-order valence-corrected chi connectivity index (χ1v) is 4.29. The van der Waals surface area contributed by atoms with Gasteiger partial charge < -0.3 is 4.74 Å². The summed E-state index contributed by atoms with van der Waals surface area (Å²) >= 11 is 0. The smallest absolute Gasteiger partial charge is 0.147 e. The molecule has 2 heteroatoms. The van der Waals surface area contributed by atoms with Gasteiger partial charge in [0.1, 0.15) is 12.0 Å². The van der Waals surface area contributed by atoms with Crippen molar-refractivity contribution in [1.29, 1.82) is 0 Å². The Labute approximate surface area is 72.5 Å². The second-order valence-corrected chi connectivity index (χ2v) is 3.19. The normalized spacial score (nSPS) is 27.5. The lowest BCUT2D eigenvalue weighted by atomic mass is 10.1. The fourth-order valence-corrected chi connectivity index (χ4v) is 1.61. The number of hydrogen-bond donors (Lipinski definition) is 1. The maximum atomic E-state index is 5.59. The quantitative estimate of drug-likeness (QED) is 0.632. The molecule has 1 aliphatic rings. The number of nitrogens with one attached hydrogen (secondary N) is 1. The molecule has 2 unspecified atom stereocenters. The van der Waals surface area contributed by atoms with Crippen LogP contribution < -0.4 is 10.1 Å². The largest absolute Gasteiger partial charge is 0.475 e. The molecule has 0 saturated carbocycles. The number of fused-ring (bicyclic) bond motifs is 1. The molecule has 12 heavy (non-hydrogen) atoms. The van der Waals surface area contributed by atoms with E-state index in [1.807, 2.05) is 25.1 Å². The van der Waals surface area contributed by atoms with Crippen molar-refractivity contribution in [2.45, 2.75) is 26.1 Å². The van der Waals surface area contributed by atoms with Gasteiger partial charge in [0.05, 0.1) is 0 Å². The summed E-state index contributed by atoms with van der Waals surface area (Å²) in [6.07, 6.45) is 0.120. The van der Waals surface area contributed by atoms with Crippen LogP contribution >= 0.6 is 0 Å². The van der Waals surface area contributed by atoms with Gasteiger partial charge in [-0.05, 0) is 19.9 Å². The van der Waals surface area contributed by atoms with Crippen LogP contribution in [0.2, 0.25) is 0 Å². The Bertz CT molecular complexity index is 285. The fourth-order valence-electron chi connectivity index (χ4n) is 1.61. The van der Waals surface area contributed by atoms with E-state index in [0.29, 0.717) is 6.04 Å². The lowest BCUT2D eigenvalue weighted by Gasteiger charge is -2.29. The Morgan fingerprint density at radius 1 is 1.25 bits per heavy atom. The van der Waals surface area contributed by atoms with Gasteiger partial charge in [-0.2, -0.15) is 0 Å². The first-order valence-electron chi connectivity index (χ1n) is 4.29. The van der Waals surface area contributed by atoms with Crippen molar-refractivity contribution in [2.24, 2.45) is 0 Å². The van der Waals surface area contributed by atoms with Crippen LogP contribution in [-0.2, 0) is 0 Å². The highest BCUT2D eigenvalue weighted by atomic mass is 16.5. The molecule has 0 aliphatic carbocycles. The Morgan fingerprint density at radius 3 is 2.83 bits per heavy atom. The van der Waals surface area contributed by atoms with Crippen LogP contribution in [0.15, 0.2) is 24.3 Å². The SMILES string of the molecule is CC1NC(C)c2ccccc2O1. The van der Waals surface area contributed by atoms with Crippen molar-refractivity contribution in [3.05, 3.63) is 29.8 Å². The van der Waals surface area contributed by atoms with E-state index in [-0.39, 0.29) is 6.23 Å². The molecule has 2 rings (SSSR count). The number of ether oxygens (including phenoxy) is 1. The number of para-hydroxylation sites is 1. The summed E-state index contributed by atoms with van der Waals surface area (Å²) in [6, 6.07) is 8.55. The zero-order valence-corrected chi connectivity index (χ0v) is 7.37. The van der Waals surface area contributed by atoms with E-state index in [1.165, 1.54) is 5.56 Å². The summed E-state index contributed by atoms with van der Waals surface area (Å²) in [7, 11) is 0. The van der Waals surface area contributed by atoms with E-state index < -0.39 is 0 Å². The molecular weight excluding hydrogens is 150 g/mol. The van der Waals surface area contributed by atoms with Crippen LogP contribution in [0.5, 0.6) is 5.75 Å². The maximum absolute atomic E-state index is 5.59. The monoisotopic (exact) mass is 163 g/mol. The fraction of sp³-hybridized carbons (Fsp3) is 0.400. The number of hydrogen-bond acceptors (Lipinski definition) is 2. The third-order valence-corrected chi connectivity index (χ3v) is 2.17. The second kappa shape index (κ2) is 2.79. The molecular formula is C10H13NO. The molecule has 2 nitrogen and oxygen atoms in total. The molecule has 0 bridgehead atoms. The van der Waals surface area contributed by atoms with E-state index in [2.05, 4.69) is 18.3 Å². The van der Waals surface area contributed by atoms with Gasteiger partial charge in [0.2, 0.25) is 0 Å². The molecule has 1 aromatic carbocycles. The Kier molecular flexibility index (Phi) is 1.77. The van der Waals surface area contributed by atoms with Crippen molar-refractivity contribution in [3.63, 3.8) is 0 Å². The van der Waals surface area contributed by atoms with Crippen molar-refractivity contribution >= 4 is 0 Å². The molecule has 0 spiro atoms. The summed E-state index contributed by atoms with van der Waals surface area (Å²) in [5.74, 6) is 1.01. The summed E-state index contributed by atoms with van der Waals surface area (Å²) in [4.78, 5) is 0. The van der Waals surface area contributed by atoms with Crippen LogP contribution in [0.4, 0.5) is 0 Å². The van der Waals surface area contributed by atoms with Crippen molar-refractivity contribution in [3.8, 4) is 5.75 Å². The van der Waals surface area contributed by atoms with E-state index in [0.717, 1.165) is 5.75 Å². The minimum atomic E-state index is 0.120. The first-order chi connectivity index (χ1) is 5.77. The molecule has 1 N–H and O–H groups in total. The van der Waals surface area contributed by atoms with Gasteiger partial charge in [-0.25, -0.2) is 0 Å². The van der Waals surface area contributed by atoms with Crippen LogP contribution in [-0.4, -0.2) is 6.23 Å². The maximum Gasteiger partial charge on any atom is 0.147 e. The summed E-state index contributed by atoms with van der Waals surface area (Å²) in [5.41, 5.74) is 1.25. The zero-order chi connectivity index (χ0) is 8.55. The molecule has 1 aliphatic heterocycles. The molecule has 0 fully saturated rings. The molecule has 0 radical (unpaired) electrons. The lowest BCUT2D eigenvalue weighted by molar-refractivity contribution is 0.144. The summed E-state index contributed by atoms with van der Waals surface area (Å²) in [5, 5.41) is 3.31. The van der Waals surface area contributed by atoms with Gasteiger partial charge in [-0.3, -0.25) is 5.32 Å². The Hall–Kier alpha value is -1.02. The average Bonchev–Trinajstić information content (AvgIpc) is 2.04. The van der Waals surface area contributed by atoms with Gasteiger partial charge in [0.25, 0.3) is 0 Å². The lowest BCUT2D eigenvalue weighted by Crippen LogP contribution is -2.37. The number of rotatable bonds is 0. The standard InChI is InChI=1S/C10H13NO/c1-7-9-5-3-4-6-10(9)12-8(2)11-7/h3-8,11H,1-2H3. The molecule has 2 atom stereocenters. The predicted molar refractivity (Wildman–Crippen MR) is 48.1 cm³/mol. The minimum absolute atomic E-state index is 0.120. The van der Waals surface area contributed by atoms with E-state index >= 15 is 0 Å². The van der Waals surface area contributed by atoms with Gasteiger partial charge in [0.15, 0.2) is 0 Å². The molecule has 1 aromatic rings. The summed E-state index contributed by atoms with van der Waals surface area (Å²) < 4.78 is 5.59. The predicted octanol–water partition coefficient (Wildman–Crippen LogP) is 2.08. The molecule has 0 saturated heterocycles.